The van der Waals surface area contributed by atoms with Gasteiger partial charge in [0.1, 0.15) is 0 Å². The molecule has 1 saturated heterocycles. The number of sulfonamides is 1. The minimum atomic E-state index is -3.11. The summed E-state index contributed by atoms with van der Waals surface area (Å²) in [6.07, 6.45) is 6.86. The number of para-hydroxylation sites is 1. The fourth-order valence-corrected chi connectivity index (χ4v) is 3.77. The lowest BCUT2D eigenvalue weighted by molar-refractivity contribution is 0.200. The van der Waals surface area contributed by atoms with Crippen LogP contribution in [0, 0.1) is 0 Å². The molecule has 0 bridgehead atoms. The maximum atomic E-state index is 11.3. The zero-order valence-corrected chi connectivity index (χ0v) is 14.0. The molecule has 0 spiro atoms. The van der Waals surface area contributed by atoms with Crippen molar-refractivity contribution in [3.63, 3.8) is 0 Å². The van der Waals surface area contributed by atoms with E-state index in [9.17, 15) is 8.42 Å². The van der Waals surface area contributed by atoms with Crippen molar-refractivity contribution >= 4 is 10.0 Å². The molecule has 0 atom stereocenters. The Hall–Kier alpha value is -1.70. The van der Waals surface area contributed by atoms with Crippen LogP contribution in [0.25, 0.3) is 5.69 Å². The van der Waals surface area contributed by atoms with Gasteiger partial charge < -0.3 is 0 Å². The summed E-state index contributed by atoms with van der Waals surface area (Å²) in [7, 11) is -3.11. The van der Waals surface area contributed by atoms with Gasteiger partial charge in [0.25, 0.3) is 0 Å². The van der Waals surface area contributed by atoms with E-state index < -0.39 is 10.0 Å². The third-order valence-electron chi connectivity index (χ3n) is 4.03. The first kappa shape index (κ1) is 16.2. The molecule has 1 N–H and O–H groups in total. The van der Waals surface area contributed by atoms with Crippen molar-refractivity contribution in [2.45, 2.75) is 25.4 Å². The van der Waals surface area contributed by atoms with Crippen LogP contribution < -0.4 is 4.72 Å². The van der Waals surface area contributed by atoms with E-state index in [0.717, 1.165) is 38.2 Å². The molecule has 1 fully saturated rings. The Bertz CT molecular complexity index is 734. The van der Waals surface area contributed by atoms with Crippen LogP contribution in [-0.2, 0) is 16.6 Å². The predicted octanol–water partition coefficient (Wildman–Crippen LogP) is 1.39. The highest BCUT2D eigenvalue weighted by molar-refractivity contribution is 7.88. The van der Waals surface area contributed by atoms with Crippen LogP contribution in [0.2, 0.25) is 0 Å². The maximum Gasteiger partial charge on any atom is 0.208 e. The number of aromatic nitrogens is 2. The van der Waals surface area contributed by atoms with Crippen molar-refractivity contribution in [2.24, 2.45) is 0 Å². The predicted molar refractivity (Wildman–Crippen MR) is 89.8 cm³/mol. The van der Waals surface area contributed by atoms with Crippen LogP contribution >= 0.6 is 0 Å². The lowest BCUT2D eigenvalue weighted by atomic mass is 10.1. The normalized spacial score (nSPS) is 17.4. The Kier molecular flexibility index (Phi) is 4.79. The minimum Gasteiger partial charge on any atom is -0.299 e. The molecule has 6 nitrogen and oxygen atoms in total. The highest BCUT2D eigenvalue weighted by atomic mass is 32.2. The fourth-order valence-electron chi connectivity index (χ4n) is 2.93. The number of hydrogen-bond donors (Lipinski definition) is 1. The van der Waals surface area contributed by atoms with Gasteiger partial charge in [0.05, 0.1) is 18.1 Å². The summed E-state index contributed by atoms with van der Waals surface area (Å²) in [4.78, 5) is 2.34. The van der Waals surface area contributed by atoms with Crippen LogP contribution in [-0.4, -0.2) is 48.5 Å². The van der Waals surface area contributed by atoms with Gasteiger partial charge in [-0.1, -0.05) is 18.2 Å². The van der Waals surface area contributed by atoms with Crippen molar-refractivity contribution in [2.75, 3.05) is 19.3 Å². The molecule has 124 valence electrons. The van der Waals surface area contributed by atoms with Crippen molar-refractivity contribution in [1.82, 2.24) is 19.4 Å². The van der Waals surface area contributed by atoms with Gasteiger partial charge in [-0.3, -0.25) is 4.90 Å². The van der Waals surface area contributed by atoms with Crippen LogP contribution in [0.15, 0.2) is 42.7 Å². The molecule has 1 aromatic heterocycles. The number of benzene rings is 1. The summed E-state index contributed by atoms with van der Waals surface area (Å²) in [6, 6.07) is 10.1. The maximum absolute atomic E-state index is 11.3. The van der Waals surface area contributed by atoms with E-state index in [1.807, 2.05) is 41.2 Å². The zero-order chi connectivity index (χ0) is 16.3. The molecule has 2 heterocycles. The first-order chi connectivity index (χ1) is 11.0. The third kappa shape index (κ3) is 4.63. The number of likely N-dealkylation sites (tertiary alicyclic amines) is 1. The fraction of sp³-hybridized carbons (Fsp3) is 0.438. The van der Waals surface area contributed by atoms with Gasteiger partial charge in [0, 0.05) is 37.4 Å². The highest BCUT2D eigenvalue weighted by Gasteiger charge is 2.21. The molecule has 0 radical (unpaired) electrons. The molecule has 1 aromatic carbocycles. The van der Waals surface area contributed by atoms with Gasteiger partial charge in [-0.25, -0.2) is 17.8 Å². The van der Waals surface area contributed by atoms with Gasteiger partial charge >= 0.3 is 0 Å². The van der Waals surface area contributed by atoms with Crippen molar-refractivity contribution in [3.05, 3.63) is 48.3 Å². The number of hydrogen-bond acceptors (Lipinski definition) is 4. The molecule has 0 aliphatic carbocycles. The van der Waals surface area contributed by atoms with Crippen LogP contribution in [0.4, 0.5) is 0 Å². The van der Waals surface area contributed by atoms with Gasteiger partial charge in [0.2, 0.25) is 10.0 Å². The number of nitrogens with one attached hydrogen (secondary N) is 1. The van der Waals surface area contributed by atoms with Crippen molar-refractivity contribution in [3.8, 4) is 5.69 Å². The summed E-state index contributed by atoms with van der Waals surface area (Å²) >= 11 is 0. The molecule has 3 rings (SSSR count). The number of piperidine rings is 1. The summed E-state index contributed by atoms with van der Waals surface area (Å²) in [5.74, 6) is 0. The topological polar surface area (TPSA) is 67.2 Å². The lowest BCUT2D eigenvalue weighted by Crippen LogP contribution is -2.43. The minimum absolute atomic E-state index is 0.0632. The SMILES string of the molecule is CS(=O)(=O)NC1CCN(Cc2cnn(-c3ccccc3)c2)CC1. The van der Waals surface area contributed by atoms with Gasteiger partial charge in [0.15, 0.2) is 0 Å². The Balaban J connectivity index is 1.54. The van der Waals surface area contributed by atoms with E-state index in [1.54, 1.807) is 0 Å². The smallest absolute Gasteiger partial charge is 0.208 e. The summed E-state index contributed by atoms with van der Waals surface area (Å²) in [5.41, 5.74) is 2.22. The molecule has 2 aromatic rings. The van der Waals surface area contributed by atoms with Crippen molar-refractivity contribution in [1.29, 1.82) is 0 Å². The Morgan fingerprint density at radius 2 is 1.91 bits per heavy atom. The molecule has 0 unspecified atom stereocenters. The quantitative estimate of drug-likeness (QED) is 0.897. The highest BCUT2D eigenvalue weighted by Crippen LogP contribution is 2.15. The molecule has 0 saturated carbocycles. The molecule has 0 amide bonds. The number of rotatable bonds is 5. The van der Waals surface area contributed by atoms with Crippen LogP contribution in [0.3, 0.4) is 0 Å². The zero-order valence-electron chi connectivity index (χ0n) is 13.2. The third-order valence-corrected chi connectivity index (χ3v) is 4.79. The molecular formula is C16H22N4O2S. The Labute approximate surface area is 137 Å². The second kappa shape index (κ2) is 6.82. The van der Waals surface area contributed by atoms with E-state index >= 15 is 0 Å². The van der Waals surface area contributed by atoms with E-state index in [0.29, 0.717) is 0 Å². The first-order valence-electron chi connectivity index (χ1n) is 7.78. The van der Waals surface area contributed by atoms with Gasteiger partial charge in [-0.15, -0.1) is 0 Å². The van der Waals surface area contributed by atoms with Crippen LogP contribution in [0.1, 0.15) is 18.4 Å². The van der Waals surface area contributed by atoms with Crippen LogP contribution in [0.5, 0.6) is 0 Å². The van der Waals surface area contributed by atoms with E-state index in [4.69, 9.17) is 0 Å². The van der Waals surface area contributed by atoms with E-state index in [2.05, 4.69) is 20.9 Å². The second-order valence-electron chi connectivity index (χ2n) is 6.07. The lowest BCUT2D eigenvalue weighted by Gasteiger charge is -2.31. The monoisotopic (exact) mass is 334 g/mol. The van der Waals surface area contributed by atoms with Gasteiger partial charge in [-0.05, 0) is 25.0 Å². The largest absolute Gasteiger partial charge is 0.299 e. The first-order valence-corrected chi connectivity index (χ1v) is 9.67. The molecule has 7 heteroatoms. The van der Waals surface area contributed by atoms with E-state index in [1.165, 1.54) is 11.8 Å². The second-order valence-corrected chi connectivity index (χ2v) is 7.85. The summed E-state index contributed by atoms with van der Waals surface area (Å²) < 4.78 is 27.1. The molecule has 1 aliphatic heterocycles. The molecule has 1 aliphatic rings. The average molecular weight is 334 g/mol. The Morgan fingerprint density at radius 1 is 1.22 bits per heavy atom. The summed E-state index contributed by atoms with van der Waals surface area (Å²) in [6.45, 7) is 2.63. The molecular weight excluding hydrogens is 312 g/mol. The number of nitrogens with zero attached hydrogens (tertiary/aromatic N) is 3. The van der Waals surface area contributed by atoms with Crippen molar-refractivity contribution < 1.29 is 8.42 Å². The molecule has 23 heavy (non-hydrogen) atoms. The standard InChI is InChI=1S/C16H22N4O2S/c1-23(21,22)18-15-7-9-19(10-8-15)12-14-11-17-20(13-14)16-5-3-2-4-6-16/h2-6,11,13,15,18H,7-10,12H2,1H3. The van der Waals surface area contributed by atoms with Gasteiger partial charge in [-0.2, -0.15) is 5.10 Å². The van der Waals surface area contributed by atoms with E-state index in [-0.39, 0.29) is 6.04 Å². The Morgan fingerprint density at radius 3 is 2.57 bits per heavy atom. The summed E-state index contributed by atoms with van der Waals surface area (Å²) in [5, 5.41) is 4.41. The average Bonchev–Trinajstić information content (AvgIpc) is 2.97.